The average Bonchev–Trinajstić information content (AvgIpc) is 2.86. The highest BCUT2D eigenvalue weighted by Crippen LogP contribution is 2.27. The highest BCUT2D eigenvalue weighted by atomic mass is 35.5. The molecule has 22 heavy (non-hydrogen) atoms. The fourth-order valence-corrected chi connectivity index (χ4v) is 2.98. The van der Waals surface area contributed by atoms with Crippen LogP contribution in [0.25, 0.3) is 10.6 Å². The van der Waals surface area contributed by atoms with Crippen LogP contribution in [0.1, 0.15) is 26.0 Å². The van der Waals surface area contributed by atoms with Crippen LogP contribution in [0.5, 0.6) is 0 Å². The summed E-state index contributed by atoms with van der Waals surface area (Å²) in [6.45, 7) is 3.09. The molecule has 1 heterocycles. The van der Waals surface area contributed by atoms with E-state index in [2.05, 4.69) is 4.98 Å². The maximum atomic E-state index is 12.0. The van der Waals surface area contributed by atoms with Crippen molar-refractivity contribution in [1.29, 1.82) is 0 Å². The summed E-state index contributed by atoms with van der Waals surface area (Å²) >= 11 is 7.39. The number of aliphatic carboxylic acids is 1. The predicted molar refractivity (Wildman–Crippen MR) is 87.3 cm³/mol. The number of halogens is 1. The Morgan fingerprint density at radius 1 is 1.36 bits per heavy atom. The third-order valence-corrected chi connectivity index (χ3v) is 4.39. The molecular formula is C16H16ClNO3S. The van der Waals surface area contributed by atoms with Crippen molar-refractivity contribution in [2.75, 3.05) is 0 Å². The van der Waals surface area contributed by atoms with E-state index in [-0.39, 0.29) is 18.6 Å². The van der Waals surface area contributed by atoms with Crippen LogP contribution in [0.3, 0.4) is 0 Å². The molecule has 2 rings (SSSR count). The molecule has 6 heteroatoms. The molecule has 0 saturated carbocycles. The highest BCUT2D eigenvalue weighted by molar-refractivity contribution is 7.13. The van der Waals surface area contributed by atoms with E-state index < -0.39 is 11.4 Å². The van der Waals surface area contributed by atoms with Crippen molar-refractivity contribution in [2.45, 2.75) is 26.7 Å². The van der Waals surface area contributed by atoms with Crippen molar-refractivity contribution in [2.24, 2.45) is 5.41 Å². The topological polar surface area (TPSA) is 67.3 Å². The maximum Gasteiger partial charge on any atom is 0.309 e. The molecular weight excluding hydrogens is 322 g/mol. The molecule has 1 N–H and O–H groups in total. The van der Waals surface area contributed by atoms with Crippen LogP contribution < -0.4 is 0 Å². The Morgan fingerprint density at radius 3 is 2.73 bits per heavy atom. The van der Waals surface area contributed by atoms with Gasteiger partial charge in [0.05, 0.1) is 11.1 Å². The zero-order chi connectivity index (χ0) is 16.3. The van der Waals surface area contributed by atoms with E-state index in [0.29, 0.717) is 10.7 Å². The largest absolute Gasteiger partial charge is 0.481 e. The molecule has 0 atom stereocenters. The summed E-state index contributed by atoms with van der Waals surface area (Å²) in [6.07, 6.45) is 0.139. The zero-order valence-corrected chi connectivity index (χ0v) is 13.9. The van der Waals surface area contributed by atoms with Gasteiger partial charge in [-0.2, -0.15) is 0 Å². The SMILES string of the molecule is CC(C)(CC(=O)Cc1csc(-c2cccc(Cl)c2)n1)C(=O)O. The Balaban J connectivity index is 2.06. The van der Waals surface area contributed by atoms with Crippen LogP contribution in [-0.4, -0.2) is 21.8 Å². The first-order valence-corrected chi connectivity index (χ1v) is 7.99. The lowest BCUT2D eigenvalue weighted by Crippen LogP contribution is -2.27. The summed E-state index contributed by atoms with van der Waals surface area (Å²) < 4.78 is 0. The Kier molecular flexibility index (Phi) is 4.98. The van der Waals surface area contributed by atoms with Crippen LogP contribution >= 0.6 is 22.9 Å². The van der Waals surface area contributed by atoms with Gasteiger partial charge in [-0.15, -0.1) is 11.3 Å². The normalized spacial score (nSPS) is 11.4. The first-order chi connectivity index (χ1) is 10.3. The Morgan fingerprint density at radius 2 is 2.09 bits per heavy atom. The molecule has 116 valence electrons. The summed E-state index contributed by atoms with van der Waals surface area (Å²) in [5, 5.41) is 12.3. The molecule has 0 spiro atoms. The van der Waals surface area contributed by atoms with Crippen molar-refractivity contribution in [1.82, 2.24) is 4.98 Å². The second kappa shape index (κ2) is 6.58. The van der Waals surface area contributed by atoms with E-state index in [1.54, 1.807) is 19.9 Å². The summed E-state index contributed by atoms with van der Waals surface area (Å²) in [4.78, 5) is 27.5. The van der Waals surface area contributed by atoms with Gasteiger partial charge in [0, 0.05) is 28.8 Å². The number of hydrogen-bond donors (Lipinski definition) is 1. The van der Waals surface area contributed by atoms with Crippen molar-refractivity contribution in [3.05, 3.63) is 40.4 Å². The molecule has 0 aliphatic carbocycles. The van der Waals surface area contributed by atoms with Crippen LogP contribution in [0, 0.1) is 5.41 Å². The van der Waals surface area contributed by atoms with Crippen LogP contribution in [0.2, 0.25) is 5.02 Å². The molecule has 4 nitrogen and oxygen atoms in total. The van der Waals surface area contributed by atoms with Gasteiger partial charge in [0.1, 0.15) is 10.8 Å². The number of nitrogens with zero attached hydrogens (tertiary/aromatic N) is 1. The number of carbonyl (C=O) groups excluding carboxylic acids is 1. The number of carboxylic acid groups (broad SMARTS) is 1. The van der Waals surface area contributed by atoms with Gasteiger partial charge in [0.25, 0.3) is 0 Å². The number of Topliss-reactive ketones (excluding diaryl/α,β-unsaturated/α-hetero) is 1. The number of benzene rings is 1. The van der Waals surface area contributed by atoms with Crippen LogP contribution in [0.4, 0.5) is 0 Å². The lowest BCUT2D eigenvalue weighted by molar-refractivity contribution is -0.149. The summed E-state index contributed by atoms with van der Waals surface area (Å²) in [5.74, 6) is -1.10. The molecule has 0 unspecified atom stereocenters. The number of carbonyl (C=O) groups is 2. The quantitative estimate of drug-likeness (QED) is 0.862. The number of rotatable bonds is 6. The van der Waals surface area contributed by atoms with Crippen molar-refractivity contribution in [3.63, 3.8) is 0 Å². The molecule has 0 amide bonds. The number of hydrogen-bond acceptors (Lipinski definition) is 4. The molecule has 0 aliphatic heterocycles. The van der Waals surface area contributed by atoms with Gasteiger partial charge in [0.2, 0.25) is 0 Å². The molecule has 1 aromatic carbocycles. The highest BCUT2D eigenvalue weighted by Gasteiger charge is 2.30. The fraction of sp³-hybridized carbons (Fsp3) is 0.312. The van der Waals surface area contributed by atoms with Crippen LogP contribution in [0.15, 0.2) is 29.6 Å². The summed E-state index contributed by atoms with van der Waals surface area (Å²) in [6, 6.07) is 7.36. The Bertz CT molecular complexity index is 709. The van der Waals surface area contributed by atoms with E-state index >= 15 is 0 Å². The standard InChI is InChI=1S/C16H16ClNO3S/c1-16(2,15(20)21)8-13(19)7-12-9-22-14(18-12)10-4-3-5-11(17)6-10/h3-6,9H,7-8H2,1-2H3,(H,20,21). The molecule has 1 aromatic heterocycles. The second-order valence-electron chi connectivity index (χ2n) is 5.74. The fourth-order valence-electron chi connectivity index (χ4n) is 1.98. The van der Waals surface area contributed by atoms with Gasteiger partial charge in [-0.05, 0) is 26.0 Å². The lowest BCUT2D eigenvalue weighted by Gasteiger charge is -2.17. The van der Waals surface area contributed by atoms with Crippen molar-refractivity contribution in [3.8, 4) is 10.6 Å². The summed E-state index contributed by atoms with van der Waals surface area (Å²) in [7, 11) is 0. The second-order valence-corrected chi connectivity index (χ2v) is 7.03. The summed E-state index contributed by atoms with van der Waals surface area (Å²) in [5.41, 5.74) is 0.510. The van der Waals surface area contributed by atoms with E-state index in [0.717, 1.165) is 10.6 Å². The number of carboxylic acids is 1. The average molecular weight is 338 g/mol. The number of aromatic nitrogens is 1. The molecule has 0 aliphatic rings. The van der Waals surface area contributed by atoms with Crippen LogP contribution in [-0.2, 0) is 16.0 Å². The predicted octanol–water partition coefficient (Wildman–Crippen LogP) is 4.08. The third-order valence-electron chi connectivity index (χ3n) is 3.22. The lowest BCUT2D eigenvalue weighted by atomic mass is 9.86. The first-order valence-electron chi connectivity index (χ1n) is 6.73. The van der Waals surface area contributed by atoms with Gasteiger partial charge < -0.3 is 5.11 Å². The molecule has 0 radical (unpaired) electrons. The van der Waals surface area contributed by atoms with Crippen molar-refractivity contribution >= 4 is 34.7 Å². The Labute approximate surface area is 137 Å². The van der Waals surface area contributed by atoms with E-state index in [9.17, 15) is 9.59 Å². The number of ketones is 1. The molecule has 0 bridgehead atoms. The van der Waals surface area contributed by atoms with Gasteiger partial charge in [-0.25, -0.2) is 4.98 Å². The monoisotopic (exact) mass is 337 g/mol. The molecule has 2 aromatic rings. The zero-order valence-electron chi connectivity index (χ0n) is 12.3. The molecule has 0 saturated heterocycles. The minimum Gasteiger partial charge on any atom is -0.481 e. The van der Waals surface area contributed by atoms with E-state index in [1.807, 2.05) is 23.6 Å². The van der Waals surface area contributed by atoms with Gasteiger partial charge in [-0.3, -0.25) is 9.59 Å². The smallest absolute Gasteiger partial charge is 0.309 e. The maximum absolute atomic E-state index is 12.0. The van der Waals surface area contributed by atoms with E-state index in [4.69, 9.17) is 16.7 Å². The van der Waals surface area contributed by atoms with Gasteiger partial charge >= 0.3 is 5.97 Å². The minimum atomic E-state index is -1.05. The van der Waals surface area contributed by atoms with Gasteiger partial charge in [0.15, 0.2) is 0 Å². The Hall–Kier alpha value is -1.72. The van der Waals surface area contributed by atoms with Gasteiger partial charge in [-0.1, -0.05) is 23.7 Å². The van der Waals surface area contributed by atoms with E-state index in [1.165, 1.54) is 11.3 Å². The third kappa shape index (κ3) is 4.15. The van der Waals surface area contributed by atoms with Crippen molar-refractivity contribution < 1.29 is 14.7 Å². The minimum absolute atomic E-state index is 0.00758. The number of thiazole rings is 1. The first kappa shape index (κ1) is 16.6. The molecule has 0 fully saturated rings.